The maximum Gasteiger partial charge on any atom is 0.251 e. The fourth-order valence-corrected chi connectivity index (χ4v) is 2.63. The number of hydrogen-bond donors (Lipinski definition) is 2. The van der Waals surface area contributed by atoms with Gasteiger partial charge in [0.25, 0.3) is 5.91 Å². The highest BCUT2D eigenvalue weighted by Gasteiger charge is 2.16. The van der Waals surface area contributed by atoms with E-state index in [2.05, 4.69) is 5.32 Å². The minimum atomic E-state index is -0.681. The van der Waals surface area contributed by atoms with Gasteiger partial charge in [0.15, 0.2) is 0 Å². The lowest BCUT2D eigenvalue weighted by Crippen LogP contribution is -2.33. The Bertz CT molecular complexity index is 487. The third-order valence-corrected chi connectivity index (χ3v) is 4.02. The zero-order valence-corrected chi connectivity index (χ0v) is 13.6. The van der Waals surface area contributed by atoms with E-state index in [-0.39, 0.29) is 5.91 Å². The predicted molar refractivity (Wildman–Crippen MR) is 86.9 cm³/mol. The number of amides is 1. The number of carbonyl (C=O) groups is 1. The number of hydrogen-bond acceptors (Lipinski definition) is 3. The van der Waals surface area contributed by atoms with Crippen molar-refractivity contribution in [1.29, 1.82) is 0 Å². The van der Waals surface area contributed by atoms with E-state index in [0.717, 1.165) is 38.0 Å². The fourth-order valence-electron chi connectivity index (χ4n) is 2.63. The molecule has 0 aromatic heterocycles. The Kier molecular flexibility index (Phi) is 5.98. The molecule has 1 saturated heterocycles. The van der Waals surface area contributed by atoms with Crippen LogP contribution in [0.5, 0.6) is 0 Å². The topological polar surface area (TPSA) is 58.6 Å². The molecule has 4 nitrogen and oxygen atoms in total. The summed E-state index contributed by atoms with van der Waals surface area (Å²) in [5.41, 5.74) is 1.08. The Balaban J connectivity index is 1.86. The van der Waals surface area contributed by atoms with Gasteiger partial charge in [0.2, 0.25) is 0 Å². The third-order valence-electron chi connectivity index (χ3n) is 4.02. The van der Waals surface area contributed by atoms with Crippen molar-refractivity contribution in [2.45, 2.75) is 45.1 Å². The molecule has 0 radical (unpaired) electrons. The summed E-state index contributed by atoms with van der Waals surface area (Å²) >= 11 is 0. The van der Waals surface area contributed by atoms with Crippen LogP contribution in [0.15, 0.2) is 24.3 Å². The van der Waals surface area contributed by atoms with Crippen LogP contribution in [0.2, 0.25) is 0 Å². The summed E-state index contributed by atoms with van der Waals surface area (Å²) in [5, 5.41) is 12.8. The summed E-state index contributed by atoms with van der Waals surface area (Å²) in [6, 6.07) is 7.65. The smallest absolute Gasteiger partial charge is 0.251 e. The summed E-state index contributed by atoms with van der Waals surface area (Å²) < 4.78 is 5.43. The van der Waals surface area contributed by atoms with Crippen molar-refractivity contribution < 1.29 is 14.6 Å². The first-order valence-corrected chi connectivity index (χ1v) is 8.11. The lowest BCUT2D eigenvalue weighted by Gasteiger charge is -2.22. The standard InChI is InChI=1S/C18H27NO3/c1-18(2,21)9-8-14-5-3-7-16(11-14)17(20)19-12-15-6-4-10-22-13-15/h3,5,7,11,15,21H,4,6,8-10,12-13H2,1-2H3,(H,19,20)/t15-/m1/s1. The van der Waals surface area contributed by atoms with Gasteiger partial charge < -0.3 is 15.2 Å². The van der Waals surface area contributed by atoms with Crippen LogP contribution in [0.4, 0.5) is 0 Å². The maximum absolute atomic E-state index is 12.2. The van der Waals surface area contributed by atoms with Crippen LogP contribution in [-0.4, -0.2) is 36.4 Å². The predicted octanol–water partition coefficient (Wildman–Crippen LogP) is 2.55. The molecule has 1 aliphatic rings. The van der Waals surface area contributed by atoms with Gasteiger partial charge in [-0.1, -0.05) is 12.1 Å². The van der Waals surface area contributed by atoms with E-state index in [4.69, 9.17) is 4.74 Å². The molecule has 122 valence electrons. The van der Waals surface area contributed by atoms with E-state index in [9.17, 15) is 9.90 Å². The van der Waals surface area contributed by atoms with Crippen LogP contribution in [0.25, 0.3) is 0 Å². The SMILES string of the molecule is CC(C)(O)CCc1cccc(C(=O)NC[C@H]2CCCOC2)c1. The van der Waals surface area contributed by atoms with Crippen LogP contribution in [0.1, 0.15) is 49.0 Å². The molecule has 0 aliphatic carbocycles. The molecule has 0 unspecified atom stereocenters. The highest BCUT2D eigenvalue weighted by molar-refractivity contribution is 5.94. The second kappa shape index (κ2) is 7.75. The summed E-state index contributed by atoms with van der Waals surface area (Å²) in [7, 11) is 0. The number of benzene rings is 1. The van der Waals surface area contributed by atoms with Crippen molar-refractivity contribution in [3.05, 3.63) is 35.4 Å². The second-order valence-electron chi connectivity index (χ2n) is 6.81. The number of aryl methyl sites for hydroxylation is 1. The van der Waals surface area contributed by atoms with E-state index in [1.54, 1.807) is 13.8 Å². The van der Waals surface area contributed by atoms with Crippen molar-refractivity contribution in [2.24, 2.45) is 5.92 Å². The summed E-state index contributed by atoms with van der Waals surface area (Å²) in [5.74, 6) is 0.395. The Morgan fingerprint density at radius 3 is 2.95 bits per heavy atom. The Morgan fingerprint density at radius 1 is 1.45 bits per heavy atom. The molecule has 22 heavy (non-hydrogen) atoms. The second-order valence-corrected chi connectivity index (χ2v) is 6.81. The van der Waals surface area contributed by atoms with Gasteiger partial charge in [-0.3, -0.25) is 4.79 Å². The molecule has 2 N–H and O–H groups in total. The molecule has 0 saturated carbocycles. The number of nitrogens with one attached hydrogen (secondary N) is 1. The van der Waals surface area contributed by atoms with E-state index in [0.29, 0.717) is 24.4 Å². The largest absolute Gasteiger partial charge is 0.390 e. The molecule has 1 aliphatic heterocycles. The Hall–Kier alpha value is -1.39. The minimum absolute atomic E-state index is 0.0318. The summed E-state index contributed by atoms with van der Waals surface area (Å²) in [4.78, 5) is 12.2. The molecule has 0 spiro atoms. The van der Waals surface area contributed by atoms with Crippen LogP contribution in [-0.2, 0) is 11.2 Å². The first kappa shape index (κ1) is 17.0. The molecular formula is C18H27NO3. The lowest BCUT2D eigenvalue weighted by atomic mass is 9.97. The molecule has 1 aromatic rings. The highest BCUT2D eigenvalue weighted by atomic mass is 16.5. The van der Waals surface area contributed by atoms with Gasteiger partial charge in [-0.2, -0.15) is 0 Å². The van der Waals surface area contributed by atoms with Crippen LogP contribution in [0.3, 0.4) is 0 Å². The first-order valence-electron chi connectivity index (χ1n) is 8.11. The van der Waals surface area contributed by atoms with Gasteiger partial charge >= 0.3 is 0 Å². The molecule has 1 aromatic carbocycles. The Morgan fingerprint density at radius 2 is 2.27 bits per heavy atom. The summed E-state index contributed by atoms with van der Waals surface area (Å²) in [6.45, 7) is 5.86. The van der Waals surface area contributed by atoms with Gasteiger partial charge in [-0.25, -0.2) is 0 Å². The molecule has 1 atom stereocenters. The number of aliphatic hydroxyl groups is 1. The zero-order valence-electron chi connectivity index (χ0n) is 13.6. The van der Waals surface area contributed by atoms with Gasteiger partial charge in [-0.15, -0.1) is 0 Å². The molecule has 1 amide bonds. The Labute approximate surface area is 132 Å². The van der Waals surface area contributed by atoms with Crippen molar-refractivity contribution in [3.63, 3.8) is 0 Å². The summed E-state index contributed by atoms with van der Waals surface area (Å²) in [6.07, 6.45) is 3.64. The monoisotopic (exact) mass is 305 g/mol. The molecule has 0 bridgehead atoms. The van der Waals surface area contributed by atoms with Crippen molar-refractivity contribution in [3.8, 4) is 0 Å². The average Bonchev–Trinajstić information content (AvgIpc) is 2.51. The zero-order chi connectivity index (χ0) is 16.0. The fraction of sp³-hybridized carbons (Fsp3) is 0.611. The van der Waals surface area contributed by atoms with Gasteiger partial charge in [0.1, 0.15) is 0 Å². The van der Waals surface area contributed by atoms with E-state index >= 15 is 0 Å². The molecule has 4 heteroatoms. The molecule has 2 rings (SSSR count). The van der Waals surface area contributed by atoms with Crippen molar-refractivity contribution in [1.82, 2.24) is 5.32 Å². The molecule has 1 heterocycles. The van der Waals surface area contributed by atoms with Gasteiger partial charge in [0.05, 0.1) is 12.2 Å². The maximum atomic E-state index is 12.2. The van der Waals surface area contributed by atoms with Gasteiger partial charge in [0, 0.05) is 18.7 Å². The highest BCUT2D eigenvalue weighted by Crippen LogP contribution is 2.15. The normalized spacial score (nSPS) is 19.0. The third kappa shape index (κ3) is 5.78. The molecular weight excluding hydrogens is 278 g/mol. The minimum Gasteiger partial charge on any atom is -0.390 e. The first-order chi connectivity index (χ1) is 10.4. The number of rotatable bonds is 6. The number of carbonyl (C=O) groups excluding carboxylic acids is 1. The molecule has 1 fully saturated rings. The van der Waals surface area contributed by atoms with E-state index < -0.39 is 5.60 Å². The van der Waals surface area contributed by atoms with Crippen LogP contribution >= 0.6 is 0 Å². The lowest BCUT2D eigenvalue weighted by molar-refractivity contribution is 0.0536. The van der Waals surface area contributed by atoms with E-state index in [1.165, 1.54) is 0 Å². The number of ether oxygens (including phenoxy) is 1. The average molecular weight is 305 g/mol. The quantitative estimate of drug-likeness (QED) is 0.849. The van der Waals surface area contributed by atoms with Crippen LogP contribution < -0.4 is 5.32 Å². The van der Waals surface area contributed by atoms with Crippen molar-refractivity contribution >= 4 is 5.91 Å². The van der Waals surface area contributed by atoms with Crippen molar-refractivity contribution in [2.75, 3.05) is 19.8 Å². The van der Waals surface area contributed by atoms with Crippen LogP contribution in [0, 0.1) is 5.92 Å². The van der Waals surface area contributed by atoms with E-state index in [1.807, 2.05) is 24.3 Å². The van der Waals surface area contributed by atoms with Gasteiger partial charge in [-0.05, 0) is 63.1 Å².